The van der Waals surface area contributed by atoms with Crippen LogP contribution in [0.3, 0.4) is 0 Å². The third-order valence-corrected chi connectivity index (χ3v) is 3.51. The van der Waals surface area contributed by atoms with Crippen LogP contribution in [0.5, 0.6) is 0 Å². The van der Waals surface area contributed by atoms with Crippen molar-refractivity contribution in [3.05, 3.63) is 18.6 Å². The molecule has 9 heteroatoms. The summed E-state index contributed by atoms with van der Waals surface area (Å²) in [6.45, 7) is 4.61. The summed E-state index contributed by atoms with van der Waals surface area (Å²) in [4.78, 5) is 19.7. The SMILES string of the molecule is O=C(O)C(F)(F)F.c1cnc(N2C[C@H]3CNC[C@H]3C2)cn1. The molecule has 3 rings (SSSR count). The molecule has 0 aromatic carbocycles. The maximum absolute atomic E-state index is 10.6. The average Bonchev–Trinajstić information content (AvgIpc) is 3.00. The van der Waals surface area contributed by atoms with Gasteiger partial charge < -0.3 is 15.3 Å². The van der Waals surface area contributed by atoms with E-state index < -0.39 is 12.1 Å². The Balaban J connectivity index is 0.000000199. The van der Waals surface area contributed by atoms with Crippen molar-refractivity contribution in [3.8, 4) is 0 Å². The van der Waals surface area contributed by atoms with Gasteiger partial charge in [-0.15, -0.1) is 0 Å². The molecule has 0 saturated carbocycles. The number of fused-ring (bicyclic) bond motifs is 1. The quantitative estimate of drug-likeness (QED) is 0.798. The second-order valence-corrected chi connectivity index (χ2v) is 4.95. The van der Waals surface area contributed by atoms with Gasteiger partial charge in [0.2, 0.25) is 0 Å². The van der Waals surface area contributed by atoms with Crippen LogP contribution in [0, 0.1) is 11.8 Å². The first-order valence-electron chi connectivity index (χ1n) is 6.39. The van der Waals surface area contributed by atoms with Crippen molar-refractivity contribution in [3.63, 3.8) is 0 Å². The van der Waals surface area contributed by atoms with Gasteiger partial charge in [0.25, 0.3) is 0 Å². The number of hydrogen-bond acceptors (Lipinski definition) is 5. The number of alkyl halides is 3. The van der Waals surface area contributed by atoms with E-state index in [9.17, 15) is 13.2 Å². The number of hydrogen-bond donors (Lipinski definition) is 2. The number of anilines is 1. The van der Waals surface area contributed by atoms with E-state index in [1.165, 1.54) is 13.1 Å². The van der Waals surface area contributed by atoms with Crippen LogP contribution in [0.15, 0.2) is 18.6 Å². The van der Waals surface area contributed by atoms with E-state index in [1.54, 1.807) is 12.4 Å². The normalized spacial score (nSPS) is 24.2. The summed E-state index contributed by atoms with van der Waals surface area (Å²) in [6.07, 6.45) is 0.262. The standard InChI is InChI=1S/C10H14N4.C2HF3O2/c1-2-13-10(5-11-1)14-6-8-3-12-4-9(8)7-14;3-2(4,5)1(6)7/h1-2,5,8-9,12H,3-4,6-7H2;(H,6,7)/t8-,9+;. The highest BCUT2D eigenvalue weighted by Gasteiger charge is 2.38. The molecule has 0 amide bonds. The maximum atomic E-state index is 10.6. The number of aromatic nitrogens is 2. The lowest BCUT2D eigenvalue weighted by molar-refractivity contribution is -0.192. The van der Waals surface area contributed by atoms with Crippen LogP contribution in [-0.4, -0.2) is 53.4 Å². The van der Waals surface area contributed by atoms with Gasteiger partial charge in [0, 0.05) is 38.6 Å². The number of aliphatic carboxylic acids is 1. The molecular weight excluding hydrogens is 289 g/mol. The van der Waals surface area contributed by atoms with Gasteiger partial charge in [-0.05, 0) is 11.8 Å². The van der Waals surface area contributed by atoms with Crippen LogP contribution in [0.4, 0.5) is 19.0 Å². The van der Waals surface area contributed by atoms with Crippen molar-refractivity contribution in [2.45, 2.75) is 6.18 Å². The Morgan fingerprint density at radius 3 is 2.29 bits per heavy atom. The summed E-state index contributed by atoms with van der Waals surface area (Å²) in [5.41, 5.74) is 0. The maximum Gasteiger partial charge on any atom is 0.490 e. The van der Waals surface area contributed by atoms with E-state index >= 15 is 0 Å². The van der Waals surface area contributed by atoms with Gasteiger partial charge in [-0.2, -0.15) is 13.2 Å². The van der Waals surface area contributed by atoms with E-state index in [4.69, 9.17) is 9.90 Å². The fourth-order valence-electron chi connectivity index (χ4n) is 2.50. The van der Waals surface area contributed by atoms with E-state index in [-0.39, 0.29) is 0 Å². The Bertz CT molecular complexity index is 471. The zero-order chi connectivity index (χ0) is 15.5. The second kappa shape index (κ2) is 6.25. The molecule has 2 saturated heterocycles. The molecule has 2 fully saturated rings. The summed E-state index contributed by atoms with van der Waals surface area (Å²) < 4.78 is 31.7. The van der Waals surface area contributed by atoms with Gasteiger partial charge >= 0.3 is 12.1 Å². The Hall–Kier alpha value is -1.90. The van der Waals surface area contributed by atoms with Crippen molar-refractivity contribution in [2.24, 2.45) is 11.8 Å². The highest BCUT2D eigenvalue weighted by atomic mass is 19.4. The first-order valence-corrected chi connectivity index (χ1v) is 6.39. The van der Waals surface area contributed by atoms with Crippen molar-refractivity contribution >= 4 is 11.8 Å². The molecule has 0 radical (unpaired) electrons. The summed E-state index contributed by atoms with van der Waals surface area (Å²) in [5, 5.41) is 10.6. The lowest BCUT2D eigenvalue weighted by Gasteiger charge is -2.17. The van der Waals surface area contributed by atoms with Gasteiger partial charge in [0.1, 0.15) is 5.82 Å². The molecule has 1 aromatic heterocycles. The summed E-state index contributed by atoms with van der Waals surface area (Å²) in [5.74, 6) is -0.0941. The molecule has 1 aromatic rings. The molecule has 21 heavy (non-hydrogen) atoms. The molecule has 2 atom stereocenters. The molecule has 0 bridgehead atoms. The first kappa shape index (κ1) is 15.5. The minimum atomic E-state index is -5.08. The molecule has 2 N–H and O–H groups in total. The number of nitrogens with zero attached hydrogens (tertiary/aromatic N) is 3. The smallest absolute Gasteiger partial charge is 0.475 e. The predicted octanol–water partition coefficient (Wildman–Crippen LogP) is 0.765. The Labute approximate surface area is 119 Å². The van der Waals surface area contributed by atoms with Crippen LogP contribution >= 0.6 is 0 Å². The highest BCUT2D eigenvalue weighted by molar-refractivity contribution is 5.73. The molecule has 0 aliphatic carbocycles. The zero-order valence-corrected chi connectivity index (χ0v) is 11.0. The minimum Gasteiger partial charge on any atom is -0.475 e. The fraction of sp³-hybridized carbons (Fsp3) is 0.583. The van der Waals surface area contributed by atoms with Crippen molar-refractivity contribution in [1.29, 1.82) is 0 Å². The predicted molar refractivity (Wildman–Crippen MR) is 67.8 cm³/mol. The molecule has 116 valence electrons. The summed E-state index contributed by atoms with van der Waals surface area (Å²) in [7, 11) is 0. The topological polar surface area (TPSA) is 78.3 Å². The molecule has 2 aliphatic rings. The molecule has 0 spiro atoms. The summed E-state index contributed by atoms with van der Waals surface area (Å²) >= 11 is 0. The van der Waals surface area contributed by atoms with Crippen LogP contribution in [0.1, 0.15) is 0 Å². The highest BCUT2D eigenvalue weighted by Crippen LogP contribution is 2.28. The van der Waals surface area contributed by atoms with Gasteiger partial charge in [-0.25, -0.2) is 9.78 Å². The van der Waals surface area contributed by atoms with Crippen molar-refractivity contribution < 1.29 is 23.1 Å². The zero-order valence-electron chi connectivity index (χ0n) is 11.0. The number of halogens is 3. The third-order valence-electron chi connectivity index (χ3n) is 3.51. The van der Waals surface area contributed by atoms with Crippen molar-refractivity contribution in [2.75, 3.05) is 31.1 Å². The number of carbonyl (C=O) groups is 1. The molecule has 2 aliphatic heterocycles. The Morgan fingerprint density at radius 2 is 1.86 bits per heavy atom. The van der Waals surface area contributed by atoms with Crippen LogP contribution in [-0.2, 0) is 4.79 Å². The van der Waals surface area contributed by atoms with Crippen molar-refractivity contribution in [1.82, 2.24) is 15.3 Å². The van der Waals surface area contributed by atoms with Gasteiger partial charge in [0.15, 0.2) is 0 Å². The van der Waals surface area contributed by atoms with Crippen LogP contribution in [0.25, 0.3) is 0 Å². The Morgan fingerprint density at radius 1 is 1.29 bits per heavy atom. The number of nitrogens with one attached hydrogen (secondary N) is 1. The third kappa shape index (κ3) is 4.03. The van der Waals surface area contributed by atoms with Gasteiger partial charge in [-0.3, -0.25) is 4.98 Å². The van der Waals surface area contributed by atoms with Crippen LogP contribution < -0.4 is 10.2 Å². The molecule has 3 heterocycles. The molecule has 0 unspecified atom stereocenters. The largest absolute Gasteiger partial charge is 0.490 e. The van der Waals surface area contributed by atoms with E-state index in [0.29, 0.717) is 0 Å². The molecule has 6 nitrogen and oxygen atoms in total. The number of carboxylic acid groups (broad SMARTS) is 1. The summed E-state index contributed by atoms with van der Waals surface area (Å²) in [6, 6.07) is 0. The van der Waals surface area contributed by atoms with E-state index in [0.717, 1.165) is 30.7 Å². The molecular formula is C12H15F3N4O2. The van der Waals surface area contributed by atoms with E-state index in [1.807, 2.05) is 6.20 Å². The first-order chi connectivity index (χ1) is 9.88. The minimum absolute atomic E-state index is 0.817. The monoisotopic (exact) mass is 304 g/mol. The lowest BCUT2D eigenvalue weighted by atomic mass is 10.0. The lowest BCUT2D eigenvalue weighted by Crippen LogP contribution is -2.26. The van der Waals surface area contributed by atoms with E-state index in [2.05, 4.69) is 20.2 Å². The number of rotatable bonds is 1. The average molecular weight is 304 g/mol. The number of carboxylic acids is 1. The second-order valence-electron chi connectivity index (χ2n) is 4.95. The fourth-order valence-corrected chi connectivity index (χ4v) is 2.50. The van der Waals surface area contributed by atoms with Gasteiger partial charge in [-0.1, -0.05) is 0 Å². The van der Waals surface area contributed by atoms with Crippen LogP contribution in [0.2, 0.25) is 0 Å². The van der Waals surface area contributed by atoms with Gasteiger partial charge in [0.05, 0.1) is 6.20 Å². The Kier molecular flexibility index (Phi) is 4.61.